The highest BCUT2D eigenvalue weighted by Gasteiger charge is 1.70. The monoisotopic (exact) mass is 145 g/mol. The van der Waals surface area contributed by atoms with Crippen molar-refractivity contribution in [2.75, 3.05) is 0 Å². The summed E-state index contributed by atoms with van der Waals surface area (Å²) in [5.74, 6) is 0. The van der Waals surface area contributed by atoms with Gasteiger partial charge in [0, 0.05) is 12.4 Å². The molecule has 0 aliphatic carbocycles. The zero-order valence-corrected chi connectivity index (χ0v) is 6.57. The fourth-order valence-electron chi connectivity index (χ4n) is 0.701. The van der Waals surface area contributed by atoms with Crippen LogP contribution in [0.5, 0.6) is 0 Å². The van der Waals surface area contributed by atoms with E-state index in [2.05, 4.69) is 4.98 Å². The van der Waals surface area contributed by atoms with Crippen molar-refractivity contribution in [1.82, 2.24) is 4.98 Å². The van der Waals surface area contributed by atoms with Crippen molar-refractivity contribution in [3.05, 3.63) is 54.4 Å². The van der Waals surface area contributed by atoms with Crippen LogP contribution >= 0.6 is 0 Å². The summed E-state index contributed by atoms with van der Waals surface area (Å²) in [7, 11) is 0. The molecule has 1 aromatic rings. The maximum absolute atomic E-state index is 4.02. The van der Waals surface area contributed by atoms with E-state index >= 15 is 0 Å². The fourth-order valence-corrected chi connectivity index (χ4v) is 0.701. The van der Waals surface area contributed by atoms with Gasteiger partial charge in [0.1, 0.15) is 0 Å². The lowest BCUT2D eigenvalue weighted by molar-refractivity contribution is 1.33. The van der Waals surface area contributed by atoms with E-state index in [0.29, 0.717) is 0 Å². The Bertz CT molecular complexity index is 242. The second kappa shape index (κ2) is 4.45. The second-order valence-electron chi connectivity index (χ2n) is 2.29. The molecule has 0 saturated heterocycles. The summed E-state index contributed by atoms with van der Waals surface area (Å²) in [4.78, 5) is 4.02. The molecule has 1 aromatic heterocycles. The van der Waals surface area contributed by atoms with Gasteiger partial charge in [0.15, 0.2) is 0 Å². The van der Waals surface area contributed by atoms with Gasteiger partial charge in [-0.1, -0.05) is 24.3 Å². The lowest BCUT2D eigenvalue weighted by atomic mass is 10.3. The Labute approximate surface area is 67.1 Å². The van der Waals surface area contributed by atoms with Gasteiger partial charge in [-0.25, -0.2) is 0 Å². The number of nitrogens with zero attached hydrogens (tertiary/aromatic N) is 1. The molecule has 0 aliphatic heterocycles. The van der Waals surface area contributed by atoms with Crippen LogP contribution in [0.25, 0.3) is 0 Å². The number of aromatic nitrogens is 1. The number of aryl methyl sites for hydroxylation is 1. The van der Waals surface area contributed by atoms with Crippen LogP contribution in [0.1, 0.15) is 5.56 Å². The summed E-state index contributed by atoms with van der Waals surface area (Å²) >= 11 is 0. The molecule has 0 amide bonds. The molecular formula is C10H11N. The molecule has 1 heterocycles. The van der Waals surface area contributed by atoms with Crippen LogP contribution < -0.4 is 0 Å². The summed E-state index contributed by atoms with van der Waals surface area (Å²) in [6, 6.07) is 11.9. The Balaban J connectivity index is 3.11. The first-order valence-corrected chi connectivity index (χ1v) is 3.59. The number of rotatable bonds is 0. The van der Waals surface area contributed by atoms with Crippen LogP contribution in [0.4, 0.5) is 0 Å². The van der Waals surface area contributed by atoms with Gasteiger partial charge in [-0.15, -0.1) is 0 Å². The van der Waals surface area contributed by atoms with Crippen molar-refractivity contribution >= 4 is 0 Å². The van der Waals surface area contributed by atoms with Crippen molar-refractivity contribution in [1.29, 1.82) is 0 Å². The van der Waals surface area contributed by atoms with Gasteiger partial charge in [-0.3, -0.25) is 4.98 Å². The standard InChI is InChI=1S/C10H11N/c1-10-6-4-2-3-5-8-11-9-7-10/h2-9H,1H3. The third-order valence-electron chi connectivity index (χ3n) is 1.29. The zero-order valence-electron chi connectivity index (χ0n) is 6.57. The molecular weight excluding hydrogens is 134 g/mol. The third kappa shape index (κ3) is 3.36. The van der Waals surface area contributed by atoms with Gasteiger partial charge in [0.25, 0.3) is 0 Å². The Morgan fingerprint density at radius 3 is 2.64 bits per heavy atom. The fraction of sp³-hybridized carbons (Fsp3) is 0.100. The number of hydrogen-bond donors (Lipinski definition) is 0. The molecule has 0 unspecified atom stereocenters. The van der Waals surface area contributed by atoms with Crippen LogP contribution in [0.15, 0.2) is 48.8 Å². The minimum absolute atomic E-state index is 1.20. The highest BCUT2D eigenvalue weighted by molar-refractivity contribution is 5.06. The van der Waals surface area contributed by atoms with Crippen LogP contribution in [0, 0.1) is 6.92 Å². The third-order valence-corrected chi connectivity index (χ3v) is 1.29. The van der Waals surface area contributed by atoms with Crippen molar-refractivity contribution in [2.24, 2.45) is 0 Å². The van der Waals surface area contributed by atoms with E-state index in [1.54, 1.807) is 12.4 Å². The van der Waals surface area contributed by atoms with Crippen molar-refractivity contribution in [3.63, 3.8) is 0 Å². The normalized spacial score (nSPS) is 8.45. The molecule has 1 rings (SSSR count). The molecule has 0 N–H and O–H groups in total. The first-order chi connectivity index (χ1) is 5.39. The van der Waals surface area contributed by atoms with E-state index in [1.807, 2.05) is 43.3 Å². The minimum Gasteiger partial charge on any atom is -0.265 e. The first-order valence-electron chi connectivity index (χ1n) is 3.59. The molecule has 0 aromatic carbocycles. The van der Waals surface area contributed by atoms with Crippen molar-refractivity contribution in [2.45, 2.75) is 6.92 Å². The molecule has 0 saturated carbocycles. The predicted octanol–water partition coefficient (Wildman–Crippen LogP) is 2.51. The molecule has 0 radical (unpaired) electrons. The Kier molecular flexibility index (Phi) is 3.13. The summed E-state index contributed by atoms with van der Waals surface area (Å²) < 4.78 is 0. The van der Waals surface area contributed by atoms with Gasteiger partial charge >= 0.3 is 0 Å². The first kappa shape index (κ1) is 7.73. The summed E-state index contributed by atoms with van der Waals surface area (Å²) in [6.07, 6.45) is 3.55. The molecule has 1 nitrogen and oxygen atoms in total. The molecule has 0 fully saturated rings. The van der Waals surface area contributed by atoms with Gasteiger partial charge in [0.05, 0.1) is 0 Å². The van der Waals surface area contributed by atoms with E-state index in [4.69, 9.17) is 0 Å². The number of hydrogen-bond acceptors (Lipinski definition) is 1. The average Bonchev–Trinajstić information content (AvgIpc) is 2.03. The van der Waals surface area contributed by atoms with E-state index < -0.39 is 0 Å². The maximum atomic E-state index is 4.02. The molecule has 11 heavy (non-hydrogen) atoms. The van der Waals surface area contributed by atoms with E-state index in [-0.39, 0.29) is 0 Å². The van der Waals surface area contributed by atoms with Crippen molar-refractivity contribution in [3.8, 4) is 0 Å². The lowest BCUT2D eigenvalue weighted by Crippen LogP contribution is -1.63. The molecule has 0 spiro atoms. The van der Waals surface area contributed by atoms with E-state index in [0.717, 1.165) is 0 Å². The maximum Gasteiger partial charge on any atom is 0.0270 e. The smallest absolute Gasteiger partial charge is 0.0270 e. The van der Waals surface area contributed by atoms with E-state index in [9.17, 15) is 0 Å². The molecule has 0 aliphatic rings. The predicted molar refractivity (Wildman–Crippen MR) is 46.6 cm³/mol. The Morgan fingerprint density at radius 2 is 1.73 bits per heavy atom. The summed E-state index contributed by atoms with van der Waals surface area (Å²) in [5.41, 5.74) is 1.20. The van der Waals surface area contributed by atoms with Crippen LogP contribution in [0.2, 0.25) is 0 Å². The zero-order chi connectivity index (χ0) is 7.94. The van der Waals surface area contributed by atoms with Crippen LogP contribution in [-0.4, -0.2) is 4.98 Å². The molecule has 56 valence electrons. The largest absolute Gasteiger partial charge is 0.265 e. The minimum atomic E-state index is 1.20. The highest BCUT2D eigenvalue weighted by Crippen LogP contribution is 1.88. The highest BCUT2D eigenvalue weighted by atomic mass is 14.6. The van der Waals surface area contributed by atoms with Crippen LogP contribution in [0.3, 0.4) is 0 Å². The Hall–Kier alpha value is -1.37. The van der Waals surface area contributed by atoms with Crippen LogP contribution in [-0.2, 0) is 0 Å². The van der Waals surface area contributed by atoms with Gasteiger partial charge < -0.3 is 0 Å². The molecule has 1 heteroatoms. The topological polar surface area (TPSA) is 12.9 Å². The van der Waals surface area contributed by atoms with Gasteiger partial charge in [-0.05, 0) is 24.6 Å². The summed E-state index contributed by atoms with van der Waals surface area (Å²) in [5, 5.41) is 0. The SMILES string of the molecule is Cc1ccccccncc1. The van der Waals surface area contributed by atoms with Crippen molar-refractivity contribution < 1.29 is 0 Å². The lowest BCUT2D eigenvalue weighted by Gasteiger charge is -1.79. The second-order valence-corrected chi connectivity index (χ2v) is 2.29. The average molecular weight is 145 g/mol. The van der Waals surface area contributed by atoms with Gasteiger partial charge in [-0.2, -0.15) is 0 Å². The Morgan fingerprint density at radius 1 is 0.909 bits per heavy atom. The quantitative estimate of drug-likeness (QED) is 0.546. The van der Waals surface area contributed by atoms with E-state index in [1.165, 1.54) is 5.56 Å². The molecule has 0 atom stereocenters. The summed E-state index contributed by atoms with van der Waals surface area (Å²) in [6.45, 7) is 2.04. The molecule has 0 bridgehead atoms. The van der Waals surface area contributed by atoms with Gasteiger partial charge in [0.2, 0.25) is 0 Å².